The van der Waals surface area contributed by atoms with Crippen LogP contribution in [0.25, 0.3) is 10.2 Å². The number of nitrogens with one attached hydrogen (secondary N) is 2. The van der Waals surface area contributed by atoms with Gasteiger partial charge in [0.2, 0.25) is 5.91 Å². The van der Waals surface area contributed by atoms with Crippen molar-refractivity contribution < 1.29 is 24.2 Å². The molecule has 3 N–H and O–H groups in total. The number of morpholine rings is 1. The van der Waals surface area contributed by atoms with Crippen LogP contribution in [0.4, 0.5) is 5.13 Å². The number of aromatic amines is 1. The van der Waals surface area contributed by atoms with Crippen LogP contribution in [-0.2, 0) is 9.53 Å². The first-order valence-corrected chi connectivity index (χ1v) is 13.4. The fourth-order valence-corrected chi connectivity index (χ4v) is 6.30. The molecule has 2 amide bonds. The number of nitrogens with zero attached hydrogens (tertiary/aromatic N) is 3. The van der Waals surface area contributed by atoms with Crippen LogP contribution in [0.3, 0.4) is 0 Å². The number of anilines is 1. The Morgan fingerprint density at radius 2 is 1.95 bits per heavy atom. The molecular weight excluding hydrogens is 541 g/mol. The van der Waals surface area contributed by atoms with E-state index in [1.807, 2.05) is 4.90 Å². The first-order valence-electron chi connectivity index (χ1n) is 11.8. The Hall–Kier alpha value is -2.86. The van der Waals surface area contributed by atoms with E-state index in [-0.39, 0.29) is 22.2 Å². The molecular formula is C24H25Cl2N5O5S. The molecule has 2 aliphatic heterocycles. The number of rotatable bonds is 5. The predicted octanol–water partition coefficient (Wildman–Crippen LogP) is 3.42. The third-order valence-electron chi connectivity index (χ3n) is 6.75. The Kier molecular flexibility index (Phi) is 7.30. The minimum absolute atomic E-state index is 0.0718. The van der Waals surface area contributed by atoms with Gasteiger partial charge in [0.25, 0.3) is 5.91 Å². The maximum Gasteiger partial charge on any atom is 0.337 e. The standard InChI is InChI=1S/C24H25Cl2N5O5S/c1-12-17(25)18(26)19(27-12)21(32)28-15-5-6-31(11-14(15)22(33)30-7-9-36-10-8-30)24-29-16-4-2-3-13(23(34)35)20(16)37-24/h2-4,14-15,27H,5-11H2,1H3,(H,28,32)(H,34,35). The van der Waals surface area contributed by atoms with E-state index in [4.69, 9.17) is 27.9 Å². The highest BCUT2D eigenvalue weighted by Crippen LogP contribution is 2.35. The van der Waals surface area contributed by atoms with Crippen molar-refractivity contribution in [2.45, 2.75) is 19.4 Å². The normalized spacial score (nSPS) is 20.3. The molecule has 0 radical (unpaired) electrons. The van der Waals surface area contributed by atoms with Gasteiger partial charge in [0.1, 0.15) is 5.69 Å². The van der Waals surface area contributed by atoms with Crippen molar-refractivity contribution in [3.05, 3.63) is 45.2 Å². The SMILES string of the molecule is Cc1[nH]c(C(=O)NC2CCN(c3nc4cccc(C(=O)O)c4s3)CC2C(=O)N2CCOCC2)c(Cl)c1Cl. The Morgan fingerprint density at radius 3 is 2.62 bits per heavy atom. The number of carboxylic acid groups (broad SMARTS) is 1. The van der Waals surface area contributed by atoms with E-state index in [2.05, 4.69) is 15.3 Å². The van der Waals surface area contributed by atoms with E-state index >= 15 is 0 Å². The number of piperidine rings is 1. The molecule has 0 saturated carbocycles. The number of carboxylic acids is 1. The molecule has 0 bridgehead atoms. The summed E-state index contributed by atoms with van der Waals surface area (Å²) in [6.45, 7) is 4.46. The van der Waals surface area contributed by atoms with Crippen LogP contribution in [0.15, 0.2) is 18.2 Å². The average molecular weight is 566 g/mol. The Labute approximate surface area is 226 Å². The van der Waals surface area contributed by atoms with Gasteiger partial charge in [-0.15, -0.1) is 0 Å². The second-order valence-corrected chi connectivity index (χ2v) is 10.8. The fraction of sp³-hybridized carbons (Fsp3) is 0.417. The van der Waals surface area contributed by atoms with E-state index in [1.54, 1.807) is 30.0 Å². The van der Waals surface area contributed by atoms with Gasteiger partial charge in [-0.3, -0.25) is 9.59 Å². The molecule has 4 heterocycles. The van der Waals surface area contributed by atoms with Crippen LogP contribution in [0.5, 0.6) is 0 Å². The van der Waals surface area contributed by atoms with Gasteiger partial charge in [0.15, 0.2) is 5.13 Å². The molecule has 13 heteroatoms. The zero-order valence-corrected chi connectivity index (χ0v) is 22.3. The number of thiazole rings is 1. The van der Waals surface area contributed by atoms with Crippen LogP contribution < -0.4 is 10.2 Å². The lowest BCUT2D eigenvalue weighted by Crippen LogP contribution is -2.57. The third kappa shape index (κ3) is 5.00. The Morgan fingerprint density at radius 1 is 1.19 bits per heavy atom. The largest absolute Gasteiger partial charge is 0.478 e. The molecule has 2 aromatic heterocycles. The molecule has 3 aromatic rings. The summed E-state index contributed by atoms with van der Waals surface area (Å²) in [4.78, 5) is 49.7. The lowest BCUT2D eigenvalue weighted by atomic mass is 9.90. The van der Waals surface area contributed by atoms with Crippen molar-refractivity contribution in [3.8, 4) is 0 Å². The number of ether oxygens (including phenoxy) is 1. The summed E-state index contributed by atoms with van der Waals surface area (Å²) in [5, 5.41) is 13.6. The monoisotopic (exact) mass is 565 g/mol. The van der Waals surface area contributed by atoms with Crippen LogP contribution in [-0.4, -0.2) is 83.2 Å². The molecule has 2 fully saturated rings. The maximum atomic E-state index is 13.6. The Balaban J connectivity index is 1.41. The number of halogens is 2. The number of fused-ring (bicyclic) bond motifs is 1. The molecule has 0 aliphatic carbocycles. The van der Waals surface area contributed by atoms with E-state index < -0.39 is 23.8 Å². The maximum absolute atomic E-state index is 13.6. The van der Waals surface area contributed by atoms with Gasteiger partial charge >= 0.3 is 5.97 Å². The summed E-state index contributed by atoms with van der Waals surface area (Å²) < 4.78 is 5.99. The number of aryl methyl sites for hydroxylation is 1. The molecule has 2 aliphatic rings. The van der Waals surface area contributed by atoms with Crippen LogP contribution >= 0.6 is 34.5 Å². The van der Waals surface area contributed by atoms with E-state index in [0.717, 1.165) is 0 Å². The molecule has 2 atom stereocenters. The van der Waals surface area contributed by atoms with Gasteiger partial charge in [-0.25, -0.2) is 9.78 Å². The summed E-state index contributed by atoms with van der Waals surface area (Å²) in [6, 6.07) is 4.56. The number of hydrogen-bond donors (Lipinski definition) is 3. The number of hydrogen-bond acceptors (Lipinski definition) is 7. The molecule has 0 spiro atoms. The third-order valence-corrected chi connectivity index (χ3v) is 8.87. The van der Waals surface area contributed by atoms with Gasteiger partial charge in [0, 0.05) is 37.9 Å². The number of carbonyl (C=O) groups is 3. The highest BCUT2D eigenvalue weighted by Gasteiger charge is 2.39. The van der Waals surface area contributed by atoms with Crippen molar-refractivity contribution >= 4 is 67.7 Å². The first-order chi connectivity index (χ1) is 17.7. The topological polar surface area (TPSA) is 128 Å². The van der Waals surface area contributed by atoms with Crippen molar-refractivity contribution in [1.29, 1.82) is 0 Å². The van der Waals surface area contributed by atoms with E-state index in [1.165, 1.54) is 11.3 Å². The lowest BCUT2D eigenvalue weighted by Gasteiger charge is -2.40. The summed E-state index contributed by atoms with van der Waals surface area (Å²) in [5.41, 5.74) is 1.54. The summed E-state index contributed by atoms with van der Waals surface area (Å²) in [7, 11) is 0. The molecule has 196 valence electrons. The minimum atomic E-state index is -1.01. The summed E-state index contributed by atoms with van der Waals surface area (Å²) in [5.74, 6) is -2.06. The number of carbonyl (C=O) groups excluding carboxylic acids is 2. The Bertz CT molecular complexity index is 1370. The molecule has 1 aromatic carbocycles. The van der Waals surface area contributed by atoms with Crippen molar-refractivity contribution in [2.24, 2.45) is 5.92 Å². The minimum Gasteiger partial charge on any atom is -0.478 e. The van der Waals surface area contributed by atoms with Crippen LogP contribution in [0, 0.1) is 12.8 Å². The second-order valence-electron chi connectivity index (χ2n) is 9.07. The summed E-state index contributed by atoms with van der Waals surface area (Å²) >= 11 is 13.7. The van der Waals surface area contributed by atoms with Gasteiger partial charge in [-0.05, 0) is 25.5 Å². The van der Waals surface area contributed by atoms with Crippen LogP contribution in [0.2, 0.25) is 10.0 Å². The molecule has 2 unspecified atom stereocenters. The smallest absolute Gasteiger partial charge is 0.337 e. The quantitative estimate of drug-likeness (QED) is 0.432. The first kappa shape index (κ1) is 25.8. The number of H-pyrrole nitrogens is 1. The average Bonchev–Trinajstić information content (AvgIpc) is 3.45. The fourth-order valence-electron chi connectivity index (χ4n) is 4.78. The number of amides is 2. The van der Waals surface area contributed by atoms with Gasteiger partial charge in [-0.1, -0.05) is 40.6 Å². The highest BCUT2D eigenvalue weighted by molar-refractivity contribution is 7.22. The van der Waals surface area contributed by atoms with Crippen molar-refractivity contribution in [2.75, 3.05) is 44.3 Å². The zero-order valence-electron chi connectivity index (χ0n) is 19.9. The molecule has 5 rings (SSSR count). The van der Waals surface area contributed by atoms with Crippen LogP contribution in [0.1, 0.15) is 33.0 Å². The number of benzene rings is 1. The van der Waals surface area contributed by atoms with Crippen molar-refractivity contribution in [3.63, 3.8) is 0 Å². The molecule has 2 saturated heterocycles. The van der Waals surface area contributed by atoms with Gasteiger partial charge < -0.3 is 29.9 Å². The second kappa shape index (κ2) is 10.5. The molecule has 10 nitrogen and oxygen atoms in total. The van der Waals surface area contributed by atoms with Gasteiger partial charge in [-0.2, -0.15) is 0 Å². The van der Waals surface area contributed by atoms with Gasteiger partial charge in [0.05, 0.1) is 45.0 Å². The van der Waals surface area contributed by atoms with E-state index in [9.17, 15) is 19.5 Å². The summed E-state index contributed by atoms with van der Waals surface area (Å²) in [6.07, 6.45) is 0.485. The van der Waals surface area contributed by atoms with E-state index in [0.29, 0.717) is 71.9 Å². The highest BCUT2D eigenvalue weighted by atomic mass is 35.5. The molecule has 37 heavy (non-hydrogen) atoms. The number of aromatic nitrogens is 2. The zero-order chi connectivity index (χ0) is 26.3. The van der Waals surface area contributed by atoms with Crippen molar-refractivity contribution in [1.82, 2.24) is 20.2 Å². The predicted molar refractivity (Wildman–Crippen MR) is 141 cm³/mol. The lowest BCUT2D eigenvalue weighted by molar-refractivity contribution is -0.140. The number of aromatic carboxylic acids is 1.